The van der Waals surface area contributed by atoms with Crippen molar-refractivity contribution in [3.63, 3.8) is 0 Å². The molecule has 1 fully saturated rings. The Morgan fingerprint density at radius 2 is 2.15 bits per heavy atom. The first-order chi connectivity index (χ1) is 12.8. The summed E-state index contributed by atoms with van der Waals surface area (Å²) in [5.74, 6) is 0.901. The van der Waals surface area contributed by atoms with E-state index in [1.54, 1.807) is 17.5 Å². The average molecular weight is 369 g/mol. The lowest BCUT2D eigenvalue weighted by atomic mass is 10.1. The largest absolute Gasteiger partial charge is 0.357 e. The smallest absolute Gasteiger partial charge is 0.316 e. The summed E-state index contributed by atoms with van der Waals surface area (Å²) in [5.41, 5.74) is 0.793. The Labute approximate surface area is 155 Å². The van der Waals surface area contributed by atoms with Crippen molar-refractivity contribution in [2.24, 2.45) is 0 Å². The van der Waals surface area contributed by atoms with Gasteiger partial charge in [0, 0.05) is 29.7 Å². The number of carbonyl (C=O) groups excluding carboxylic acids is 1. The first-order valence-electron chi connectivity index (χ1n) is 8.65. The standard InChI is InChI=1S/C18H19N5O2S/c24-17(20-12-14-5-4-10-26-14)18-21-16(22-25-18)13-6-7-19-15(11-13)23-8-2-1-3-9-23/h4-7,10-11H,1-3,8-9,12H2,(H,20,24). The van der Waals surface area contributed by atoms with E-state index in [2.05, 4.69) is 25.3 Å². The van der Waals surface area contributed by atoms with Crippen LogP contribution in [0.2, 0.25) is 0 Å². The van der Waals surface area contributed by atoms with Gasteiger partial charge in [-0.25, -0.2) is 4.98 Å². The van der Waals surface area contributed by atoms with Gasteiger partial charge >= 0.3 is 11.8 Å². The molecule has 0 saturated carbocycles. The summed E-state index contributed by atoms with van der Waals surface area (Å²) in [7, 11) is 0. The fourth-order valence-corrected chi connectivity index (χ4v) is 3.59. The summed E-state index contributed by atoms with van der Waals surface area (Å²) >= 11 is 1.58. The van der Waals surface area contributed by atoms with Gasteiger partial charge in [-0.3, -0.25) is 4.79 Å². The Bertz CT molecular complexity index is 871. The molecule has 1 N–H and O–H groups in total. The van der Waals surface area contributed by atoms with Crippen molar-refractivity contribution in [2.75, 3.05) is 18.0 Å². The highest BCUT2D eigenvalue weighted by atomic mass is 32.1. The second-order valence-electron chi connectivity index (χ2n) is 6.14. The van der Waals surface area contributed by atoms with Crippen LogP contribution in [0.4, 0.5) is 5.82 Å². The molecule has 0 radical (unpaired) electrons. The molecule has 8 heteroatoms. The number of rotatable bonds is 5. The van der Waals surface area contributed by atoms with Gasteiger partial charge in [0.25, 0.3) is 0 Å². The predicted molar refractivity (Wildman–Crippen MR) is 99.1 cm³/mol. The molecule has 1 amide bonds. The highest BCUT2D eigenvalue weighted by Gasteiger charge is 2.18. The molecule has 0 atom stereocenters. The van der Waals surface area contributed by atoms with E-state index < -0.39 is 0 Å². The molecule has 0 unspecified atom stereocenters. The fourth-order valence-electron chi connectivity index (χ4n) is 2.94. The van der Waals surface area contributed by atoms with Crippen LogP contribution in [-0.4, -0.2) is 34.1 Å². The van der Waals surface area contributed by atoms with Crippen LogP contribution in [0.5, 0.6) is 0 Å². The monoisotopic (exact) mass is 369 g/mol. The highest BCUT2D eigenvalue weighted by Crippen LogP contribution is 2.23. The van der Waals surface area contributed by atoms with Gasteiger partial charge in [0.2, 0.25) is 5.82 Å². The minimum absolute atomic E-state index is 0.0344. The lowest BCUT2D eigenvalue weighted by Crippen LogP contribution is -2.30. The lowest BCUT2D eigenvalue weighted by Gasteiger charge is -2.27. The van der Waals surface area contributed by atoms with Crippen LogP contribution < -0.4 is 10.2 Å². The quantitative estimate of drug-likeness (QED) is 0.744. The van der Waals surface area contributed by atoms with Crippen molar-refractivity contribution in [2.45, 2.75) is 25.8 Å². The second kappa shape index (κ2) is 7.65. The first-order valence-corrected chi connectivity index (χ1v) is 9.53. The number of piperidine rings is 1. The molecular formula is C18H19N5O2S. The molecule has 4 heterocycles. The van der Waals surface area contributed by atoms with Crippen LogP contribution in [0.25, 0.3) is 11.4 Å². The highest BCUT2D eigenvalue weighted by molar-refractivity contribution is 7.09. The van der Waals surface area contributed by atoms with Gasteiger partial charge in [-0.2, -0.15) is 4.98 Å². The third-order valence-corrected chi connectivity index (χ3v) is 5.18. The first kappa shape index (κ1) is 16.7. The zero-order valence-electron chi connectivity index (χ0n) is 14.2. The van der Waals surface area contributed by atoms with Gasteiger partial charge in [-0.05, 0) is 42.8 Å². The number of nitrogens with one attached hydrogen (secondary N) is 1. The van der Waals surface area contributed by atoms with Gasteiger partial charge in [0.05, 0.1) is 6.54 Å². The van der Waals surface area contributed by atoms with E-state index in [1.165, 1.54) is 19.3 Å². The van der Waals surface area contributed by atoms with Gasteiger partial charge in [0.1, 0.15) is 5.82 Å². The van der Waals surface area contributed by atoms with Crippen LogP contribution in [0.1, 0.15) is 34.8 Å². The molecule has 7 nitrogen and oxygen atoms in total. The molecule has 1 aliphatic heterocycles. The van der Waals surface area contributed by atoms with E-state index in [0.717, 1.165) is 29.3 Å². The normalized spacial score (nSPS) is 14.4. The SMILES string of the molecule is O=C(NCc1cccs1)c1nc(-c2ccnc(N3CCCCC3)c2)no1. The van der Waals surface area contributed by atoms with Crippen molar-refractivity contribution in [1.82, 2.24) is 20.4 Å². The van der Waals surface area contributed by atoms with Crippen LogP contribution >= 0.6 is 11.3 Å². The maximum absolute atomic E-state index is 12.2. The summed E-state index contributed by atoms with van der Waals surface area (Å²) in [6.45, 7) is 2.47. The molecule has 0 aromatic carbocycles. The maximum atomic E-state index is 12.2. The number of nitrogens with zero attached hydrogens (tertiary/aromatic N) is 4. The lowest BCUT2D eigenvalue weighted by molar-refractivity contribution is 0.0907. The van der Waals surface area contributed by atoms with E-state index >= 15 is 0 Å². The number of thiophene rings is 1. The minimum Gasteiger partial charge on any atom is -0.357 e. The molecule has 0 aliphatic carbocycles. The Morgan fingerprint density at radius 3 is 2.96 bits per heavy atom. The van der Waals surface area contributed by atoms with Crippen molar-refractivity contribution in [3.05, 3.63) is 46.6 Å². The number of pyridine rings is 1. The molecule has 3 aromatic rings. The molecule has 0 spiro atoms. The third kappa shape index (κ3) is 3.75. The summed E-state index contributed by atoms with van der Waals surface area (Å²) in [6.07, 6.45) is 5.38. The summed E-state index contributed by atoms with van der Waals surface area (Å²) < 4.78 is 5.13. The Balaban J connectivity index is 1.46. The third-order valence-electron chi connectivity index (χ3n) is 4.31. The molecule has 0 bridgehead atoms. The van der Waals surface area contributed by atoms with E-state index in [1.807, 2.05) is 29.6 Å². The van der Waals surface area contributed by atoms with Crippen molar-refractivity contribution in [3.8, 4) is 11.4 Å². The van der Waals surface area contributed by atoms with Gasteiger partial charge < -0.3 is 14.7 Å². The van der Waals surface area contributed by atoms with Gasteiger partial charge in [-0.1, -0.05) is 11.2 Å². The molecule has 3 aromatic heterocycles. The summed E-state index contributed by atoms with van der Waals surface area (Å²) in [4.78, 5) is 24.2. The molecule has 4 rings (SSSR count). The van der Waals surface area contributed by atoms with Crippen LogP contribution in [0, 0.1) is 0 Å². The number of hydrogen-bond acceptors (Lipinski definition) is 7. The zero-order valence-corrected chi connectivity index (χ0v) is 15.0. The molecule has 1 aliphatic rings. The van der Waals surface area contributed by atoms with Crippen LogP contribution in [0.3, 0.4) is 0 Å². The number of aromatic nitrogens is 3. The molecule has 1 saturated heterocycles. The van der Waals surface area contributed by atoms with Crippen LogP contribution in [0.15, 0.2) is 40.4 Å². The van der Waals surface area contributed by atoms with Gasteiger partial charge in [0.15, 0.2) is 0 Å². The van der Waals surface area contributed by atoms with E-state index in [0.29, 0.717) is 12.4 Å². The fraction of sp³-hybridized carbons (Fsp3) is 0.333. The Morgan fingerprint density at radius 1 is 1.27 bits per heavy atom. The number of hydrogen-bond donors (Lipinski definition) is 1. The van der Waals surface area contributed by atoms with Crippen molar-refractivity contribution >= 4 is 23.1 Å². The number of anilines is 1. The molecular weight excluding hydrogens is 350 g/mol. The van der Waals surface area contributed by atoms with E-state index in [4.69, 9.17) is 4.52 Å². The number of carbonyl (C=O) groups is 1. The van der Waals surface area contributed by atoms with E-state index in [-0.39, 0.29) is 11.8 Å². The molecule has 26 heavy (non-hydrogen) atoms. The van der Waals surface area contributed by atoms with Crippen molar-refractivity contribution < 1.29 is 9.32 Å². The molecule has 134 valence electrons. The van der Waals surface area contributed by atoms with Crippen LogP contribution in [-0.2, 0) is 6.54 Å². The Kier molecular flexibility index (Phi) is 4.92. The average Bonchev–Trinajstić information content (AvgIpc) is 3.39. The maximum Gasteiger partial charge on any atom is 0.316 e. The predicted octanol–water partition coefficient (Wildman–Crippen LogP) is 3.11. The minimum atomic E-state index is -0.373. The zero-order chi connectivity index (χ0) is 17.8. The Hall–Kier alpha value is -2.74. The second-order valence-corrected chi connectivity index (χ2v) is 7.17. The number of amides is 1. The summed E-state index contributed by atoms with van der Waals surface area (Å²) in [5, 5.41) is 8.70. The summed E-state index contributed by atoms with van der Waals surface area (Å²) in [6, 6.07) is 7.68. The van der Waals surface area contributed by atoms with Gasteiger partial charge in [-0.15, -0.1) is 11.3 Å². The van der Waals surface area contributed by atoms with Crippen molar-refractivity contribution in [1.29, 1.82) is 0 Å². The topological polar surface area (TPSA) is 84.2 Å². The van der Waals surface area contributed by atoms with E-state index in [9.17, 15) is 4.79 Å².